The third-order valence-corrected chi connectivity index (χ3v) is 7.77. The zero-order chi connectivity index (χ0) is 24.2. The second-order valence-electron chi connectivity index (χ2n) is 10.3. The number of nitrogens with zero attached hydrogens (tertiary/aromatic N) is 3. The van der Waals surface area contributed by atoms with Gasteiger partial charge in [-0.05, 0) is 87.2 Å². The number of allylic oxidation sites excluding steroid dienone is 1. The summed E-state index contributed by atoms with van der Waals surface area (Å²) in [6.45, 7) is 9.88. The third kappa shape index (κ3) is 5.69. The smallest absolute Gasteiger partial charge is 0.247 e. The Morgan fingerprint density at radius 2 is 1.91 bits per heavy atom. The number of rotatable bonds is 8. The van der Waals surface area contributed by atoms with E-state index < -0.39 is 0 Å². The molecule has 0 bridgehead atoms. The fourth-order valence-corrected chi connectivity index (χ4v) is 5.58. The van der Waals surface area contributed by atoms with Crippen LogP contribution in [0.15, 0.2) is 40.3 Å². The Hall–Kier alpha value is -2.67. The molecule has 184 valence electrons. The van der Waals surface area contributed by atoms with Crippen LogP contribution >= 0.6 is 0 Å². The largest absolute Gasteiger partial charge is 0.497 e. The lowest BCUT2D eigenvalue weighted by atomic mass is 9.69. The monoisotopic (exact) mass is 466 g/mol. The van der Waals surface area contributed by atoms with E-state index >= 15 is 0 Å². The number of nitrogens with two attached hydrogens (primary N) is 1. The molecule has 0 saturated carbocycles. The van der Waals surface area contributed by atoms with Crippen LogP contribution in [-0.4, -0.2) is 47.7 Å². The number of ether oxygens (including phenoxy) is 1. The topological polar surface area (TPSA) is 94.5 Å². The van der Waals surface area contributed by atoms with E-state index in [1.54, 1.807) is 7.11 Å². The highest BCUT2D eigenvalue weighted by Crippen LogP contribution is 2.39. The molecule has 1 aliphatic carbocycles. The quantitative estimate of drug-likeness (QED) is 0.582. The number of methoxy groups -OCH3 is 1. The van der Waals surface area contributed by atoms with Crippen LogP contribution in [0.3, 0.4) is 0 Å². The zero-order valence-electron chi connectivity index (χ0n) is 20.9. The number of carbonyl (C=O) groups is 1. The molecule has 2 aromatic rings. The first kappa shape index (κ1) is 24.5. The van der Waals surface area contributed by atoms with E-state index in [0.29, 0.717) is 35.5 Å². The van der Waals surface area contributed by atoms with Crippen LogP contribution in [0.1, 0.15) is 45.9 Å². The summed E-state index contributed by atoms with van der Waals surface area (Å²) in [6, 6.07) is 7.68. The first-order chi connectivity index (χ1) is 16.3. The van der Waals surface area contributed by atoms with Gasteiger partial charge in [0.2, 0.25) is 17.7 Å². The summed E-state index contributed by atoms with van der Waals surface area (Å²) in [5.41, 5.74) is 7.83. The number of hydrogen-bond donors (Lipinski definition) is 1. The highest BCUT2D eigenvalue weighted by Gasteiger charge is 2.34. The lowest BCUT2D eigenvalue weighted by Gasteiger charge is -2.40. The summed E-state index contributed by atoms with van der Waals surface area (Å²) in [7, 11) is 1.65. The van der Waals surface area contributed by atoms with Gasteiger partial charge in [0.25, 0.3) is 0 Å². The van der Waals surface area contributed by atoms with Gasteiger partial charge in [-0.1, -0.05) is 25.5 Å². The Bertz CT molecular complexity index is 990. The molecule has 7 heteroatoms. The van der Waals surface area contributed by atoms with E-state index in [0.717, 1.165) is 56.6 Å². The Kier molecular flexibility index (Phi) is 7.71. The van der Waals surface area contributed by atoms with Gasteiger partial charge in [-0.3, -0.25) is 4.79 Å². The van der Waals surface area contributed by atoms with Gasteiger partial charge >= 0.3 is 0 Å². The maximum atomic E-state index is 11.5. The predicted molar refractivity (Wildman–Crippen MR) is 132 cm³/mol. The molecule has 1 amide bonds. The molecule has 0 unspecified atom stereocenters. The van der Waals surface area contributed by atoms with Crippen molar-refractivity contribution in [3.05, 3.63) is 41.8 Å². The first-order valence-electron chi connectivity index (χ1n) is 12.5. The Morgan fingerprint density at radius 3 is 2.53 bits per heavy atom. The van der Waals surface area contributed by atoms with Crippen LogP contribution in [0.2, 0.25) is 0 Å². The normalized spacial score (nSPS) is 24.3. The fourth-order valence-electron chi connectivity index (χ4n) is 5.58. The lowest BCUT2D eigenvalue weighted by Crippen LogP contribution is -2.43. The fraction of sp³-hybridized carbons (Fsp3) is 0.593. The van der Waals surface area contributed by atoms with Gasteiger partial charge in [0.05, 0.1) is 7.11 Å². The molecule has 2 heterocycles. The van der Waals surface area contributed by atoms with Crippen LogP contribution < -0.4 is 10.5 Å². The number of carbonyl (C=O) groups excluding carboxylic acids is 1. The van der Waals surface area contributed by atoms with Crippen molar-refractivity contribution in [3.8, 4) is 17.2 Å². The molecule has 0 radical (unpaired) electrons. The molecule has 3 atom stereocenters. The predicted octanol–water partition coefficient (Wildman–Crippen LogP) is 4.34. The molecule has 34 heavy (non-hydrogen) atoms. The number of primary amides is 1. The second-order valence-corrected chi connectivity index (χ2v) is 10.3. The van der Waals surface area contributed by atoms with Crippen molar-refractivity contribution in [3.63, 3.8) is 0 Å². The van der Waals surface area contributed by atoms with Gasteiger partial charge < -0.3 is 19.8 Å². The molecular formula is C27H38N4O3. The molecule has 2 N–H and O–H groups in total. The molecule has 7 nitrogen and oxygen atoms in total. The second kappa shape index (κ2) is 10.7. The highest BCUT2D eigenvalue weighted by atomic mass is 16.5. The van der Waals surface area contributed by atoms with Crippen molar-refractivity contribution in [1.82, 2.24) is 15.1 Å². The molecule has 1 fully saturated rings. The van der Waals surface area contributed by atoms with Crippen LogP contribution in [-0.2, 0) is 11.2 Å². The number of aromatic nitrogens is 2. The van der Waals surface area contributed by atoms with Crippen molar-refractivity contribution >= 4 is 5.91 Å². The van der Waals surface area contributed by atoms with Crippen molar-refractivity contribution in [2.24, 2.45) is 35.3 Å². The van der Waals surface area contributed by atoms with Crippen LogP contribution in [0.4, 0.5) is 0 Å². The van der Waals surface area contributed by atoms with E-state index in [4.69, 9.17) is 14.9 Å². The van der Waals surface area contributed by atoms with Crippen LogP contribution in [0.25, 0.3) is 11.5 Å². The van der Waals surface area contributed by atoms with Gasteiger partial charge in [0.15, 0.2) is 0 Å². The third-order valence-electron chi connectivity index (χ3n) is 7.77. The van der Waals surface area contributed by atoms with E-state index in [1.165, 1.54) is 5.57 Å². The summed E-state index contributed by atoms with van der Waals surface area (Å²) in [6.07, 6.45) is 6.15. The van der Waals surface area contributed by atoms with Crippen molar-refractivity contribution in [2.75, 3.05) is 26.7 Å². The number of amides is 1. The maximum absolute atomic E-state index is 11.5. The van der Waals surface area contributed by atoms with Gasteiger partial charge in [0.1, 0.15) is 5.75 Å². The SMILES string of the molecule is COc1ccc(-c2nnc(C[C@@H]3C[C@@H](C(C)C)[C@H](CN4CCC(C(N)=O)CC4)C=C3C)o2)cc1. The molecule has 1 aliphatic heterocycles. The molecule has 0 spiro atoms. The van der Waals surface area contributed by atoms with Crippen molar-refractivity contribution in [2.45, 2.75) is 46.5 Å². The summed E-state index contributed by atoms with van der Waals surface area (Å²) in [4.78, 5) is 14.0. The Balaban J connectivity index is 1.41. The van der Waals surface area contributed by atoms with E-state index in [-0.39, 0.29) is 11.8 Å². The van der Waals surface area contributed by atoms with Crippen molar-refractivity contribution in [1.29, 1.82) is 0 Å². The zero-order valence-corrected chi connectivity index (χ0v) is 20.9. The van der Waals surface area contributed by atoms with Gasteiger partial charge in [-0.15, -0.1) is 10.2 Å². The van der Waals surface area contributed by atoms with Crippen molar-refractivity contribution < 1.29 is 13.9 Å². The average molecular weight is 467 g/mol. The molecule has 1 saturated heterocycles. The standard InChI is InChI=1S/C27H38N4O3/c1-17(2)24-14-21(15-25-29-30-27(34-25)20-5-7-23(33-4)8-6-20)18(3)13-22(24)16-31-11-9-19(10-12-31)26(28)32/h5-8,13,17,19,21-22,24H,9-12,14-16H2,1-4H3,(H2,28,32)/t21-,22-,24-/m0/s1. The average Bonchev–Trinajstić information content (AvgIpc) is 3.29. The number of hydrogen-bond acceptors (Lipinski definition) is 6. The van der Waals surface area contributed by atoms with Gasteiger partial charge in [0, 0.05) is 24.4 Å². The molecule has 4 rings (SSSR count). The van der Waals surface area contributed by atoms with E-state index in [2.05, 4.69) is 41.9 Å². The summed E-state index contributed by atoms with van der Waals surface area (Å²) in [5.74, 6) is 4.08. The van der Waals surface area contributed by atoms with Crippen LogP contribution in [0, 0.1) is 29.6 Å². The molecule has 2 aliphatic rings. The van der Waals surface area contributed by atoms with Gasteiger partial charge in [-0.25, -0.2) is 0 Å². The van der Waals surface area contributed by atoms with E-state index in [9.17, 15) is 4.79 Å². The minimum Gasteiger partial charge on any atom is -0.497 e. The molecule has 1 aromatic heterocycles. The van der Waals surface area contributed by atoms with E-state index in [1.807, 2.05) is 24.3 Å². The molecular weight excluding hydrogens is 428 g/mol. The first-order valence-corrected chi connectivity index (χ1v) is 12.5. The summed E-state index contributed by atoms with van der Waals surface area (Å²) >= 11 is 0. The minimum absolute atomic E-state index is 0.0439. The minimum atomic E-state index is -0.146. The Morgan fingerprint density at radius 1 is 1.21 bits per heavy atom. The lowest BCUT2D eigenvalue weighted by molar-refractivity contribution is -0.123. The highest BCUT2D eigenvalue weighted by molar-refractivity contribution is 5.76. The number of benzene rings is 1. The number of piperidine rings is 1. The Labute approximate surface area is 202 Å². The van der Waals surface area contributed by atoms with Gasteiger partial charge in [-0.2, -0.15) is 0 Å². The summed E-state index contributed by atoms with van der Waals surface area (Å²) < 4.78 is 11.3. The molecule has 1 aromatic carbocycles. The van der Waals surface area contributed by atoms with Crippen LogP contribution in [0.5, 0.6) is 5.75 Å². The summed E-state index contributed by atoms with van der Waals surface area (Å²) in [5, 5.41) is 8.63. The number of likely N-dealkylation sites (tertiary alicyclic amines) is 1. The maximum Gasteiger partial charge on any atom is 0.247 e.